The average Bonchev–Trinajstić information content (AvgIpc) is 3.05. The molecule has 0 saturated carbocycles. The maximum Gasteiger partial charge on any atom is 0.410 e. The maximum absolute atomic E-state index is 14.7. The van der Waals surface area contributed by atoms with Gasteiger partial charge in [0.05, 0.1) is 45.0 Å². The summed E-state index contributed by atoms with van der Waals surface area (Å²) >= 11 is 0. The van der Waals surface area contributed by atoms with Gasteiger partial charge in [0.1, 0.15) is 18.0 Å². The number of carbonyl (C=O) groups is 1. The molecule has 0 radical (unpaired) electrons. The van der Waals surface area contributed by atoms with Crippen molar-refractivity contribution in [2.75, 3.05) is 57.7 Å². The van der Waals surface area contributed by atoms with Gasteiger partial charge in [0.2, 0.25) is 5.95 Å². The molecule has 2 fully saturated rings. The lowest BCUT2D eigenvalue weighted by atomic mass is 9.71. The summed E-state index contributed by atoms with van der Waals surface area (Å²) in [4.78, 5) is 25.3. The second-order valence-electron chi connectivity index (χ2n) is 12.9. The normalized spacial score (nSPS) is 16.1. The summed E-state index contributed by atoms with van der Waals surface area (Å²) in [6.45, 7) is 8.51. The van der Waals surface area contributed by atoms with Crippen LogP contribution in [0.5, 0.6) is 23.0 Å². The van der Waals surface area contributed by atoms with Crippen LogP contribution in [0.2, 0.25) is 0 Å². The summed E-state index contributed by atoms with van der Waals surface area (Å²) in [5.41, 5.74) is 1.16. The predicted octanol–water partition coefficient (Wildman–Crippen LogP) is 6.72. The zero-order valence-electron chi connectivity index (χ0n) is 27.8. The number of methoxy groups -OCH3 is 3. The van der Waals surface area contributed by atoms with E-state index in [1.165, 1.54) is 26.6 Å². The summed E-state index contributed by atoms with van der Waals surface area (Å²) in [6, 6.07) is 7.00. The van der Waals surface area contributed by atoms with E-state index in [-0.39, 0.29) is 34.3 Å². The van der Waals surface area contributed by atoms with E-state index in [0.717, 1.165) is 75.1 Å². The topological polar surface area (TPSA) is 108 Å². The van der Waals surface area contributed by atoms with Crippen LogP contribution in [0.3, 0.4) is 0 Å². The van der Waals surface area contributed by atoms with Gasteiger partial charge in [-0.1, -0.05) is 0 Å². The molecular weight excluding hydrogens is 612 g/mol. The smallest absolute Gasteiger partial charge is 0.410 e. The molecule has 3 aromatic rings. The summed E-state index contributed by atoms with van der Waals surface area (Å²) in [5, 5.41) is 3.16. The van der Waals surface area contributed by atoms with E-state index >= 15 is 0 Å². The van der Waals surface area contributed by atoms with Crippen molar-refractivity contribution in [3.63, 3.8) is 0 Å². The van der Waals surface area contributed by atoms with Crippen molar-refractivity contribution in [1.82, 2.24) is 14.9 Å². The Bertz CT molecular complexity index is 1520. The van der Waals surface area contributed by atoms with Crippen LogP contribution in [-0.4, -0.2) is 74.1 Å². The zero-order chi connectivity index (χ0) is 33.8. The van der Waals surface area contributed by atoms with Gasteiger partial charge in [-0.3, -0.25) is 0 Å². The van der Waals surface area contributed by atoms with Crippen molar-refractivity contribution in [1.29, 1.82) is 0 Å². The van der Waals surface area contributed by atoms with Crippen LogP contribution in [0.25, 0.3) is 0 Å². The number of aromatic nitrogens is 2. The van der Waals surface area contributed by atoms with Crippen molar-refractivity contribution < 1.29 is 37.3 Å². The molecule has 1 amide bonds. The monoisotopic (exact) mass is 655 g/mol. The van der Waals surface area contributed by atoms with Crippen LogP contribution in [0, 0.1) is 17.0 Å². The van der Waals surface area contributed by atoms with Gasteiger partial charge in [-0.15, -0.1) is 0 Å². The molecule has 0 aliphatic carbocycles. The first kappa shape index (κ1) is 33.8. The van der Waals surface area contributed by atoms with Crippen LogP contribution in [0.1, 0.15) is 52.0 Å². The molecule has 0 atom stereocenters. The van der Waals surface area contributed by atoms with E-state index in [4.69, 9.17) is 23.7 Å². The number of likely N-dealkylation sites (tertiary alicyclic amines) is 1. The Morgan fingerprint density at radius 1 is 0.872 bits per heavy atom. The molecule has 254 valence electrons. The Labute approximate surface area is 274 Å². The third-order valence-corrected chi connectivity index (χ3v) is 8.75. The number of hydrogen-bond acceptors (Lipinski definition) is 10. The zero-order valence-corrected chi connectivity index (χ0v) is 27.8. The standard InChI is InChI=1S/C34H43F2N5O6/c1-33(2,3)47-32(42)41-15-11-34(12-16-41)9-13-40(14-10-34)25-8-7-22(17-26(25)43-4)39-31-37-19-23(20-38-31)46-21-24-29(35)27(44-5)18-28(45-6)30(24)36/h7-8,17-20H,9-16,21H2,1-6H3,(H,37,38,39). The number of ether oxygens (including phenoxy) is 5. The fourth-order valence-electron chi connectivity index (χ4n) is 6.03. The maximum atomic E-state index is 14.7. The number of nitrogens with zero attached hydrogens (tertiary/aromatic N) is 4. The highest BCUT2D eigenvalue weighted by molar-refractivity contribution is 5.69. The number of rotatable bonds is 9. The molecule has 47 heavy (non-hydrogen) atoms. The van der Waals surface area contributed by atoms with Crippen LogP contribution in [0.4, 0.5) is 30.9 Å². The second-order valence-corrected chi connectivity index (χ2v) is 12.9. The minimum absolute atomic E-state index is 0.152. The summed E-state index contributed by atoms with van der Waals surface area (Å²) in [7, 11) is 4.21. The fourth-order valence-corrected chi connectivity index (χ4v) is 6.03. The molecule has 3 heterocycles. The lowest BCUT2D eigenvalue weighted by molar-refractivity contribution is 0.00664. The van der Waals surface area contributed by atoms with Gasteiger partial charge in [0.25, 0.3) is 0 Å². The van der Waals surface area contributed by atoms with Gasteiger partial charge in [-0.25, -0.2) is 23.5 Å². The van der Waals surface area contributed by atoms with E-state index in [1.54, 1.807) is 7.11 Å². The summed E-state index contributed by atoms with van der Waals surface area (Å²) < 4.78 is 56.2. The molecule has 2 aliphatic heterocycles. The van der Waals surface area contributed by atoms with Gasteiger partial charge in [0, 0.05) is 44.0 Å². The van der Waals surface area contributed by atoms with E-state index < -0.39 is 23.8 Å². The molecule has 1 aromatic heterocycles. The quantitative estimate of drug-likeness (QED) is 0.267. The Morgan fingerprint density at radius 2 is 1.45 bits per heavy atom. The number of amides is 1. The van der Waals surface area contributed by atoms with Gasteiger partial charge in [0.15, 0.2) is 28.9 Å². The first-order chi connectivity index (χ1) is 22.4. The predicted molar refractivity (Wildman–Crippen MR) is 173 cm³/mol. The van der Waals surface area contributed by atoms with Crippen LogP contribution < -0.4 is 29.2 Å². The molecule has 1 spiro atoms. The van der Waals surface area contributed by atoms with Gasteiger partial charge >= 0.3 is 6.09 Å². The Morgan fingerprint density at radius 3 is 2.00 bits per heavy atom. The lowest BCUT2D eigenvalue weighted by Gasteiger charge is -2.47. The van der Waals surface area contributed by atoms with E-state index in [0.29, 0.717) is 5.95 Å². The van der Waals surface area contributed by atoms with E-state index in [1.807, 2.05) is 43.9 Å². The van der Waals surface area contributed by atoms with Crippen LogP contribution in [-0.2, 0) is 11.3 Å². The number of nitrogens with one attached hydrogen (secondary N) is 1. The Kier molecular flexibility index (Phi) is 10.1. The number of benzene rings is 2. The molecule has 0 bridgehead atoms. The lowest BCUT2D eigenvalue weighted by Crippen LogP contribution is -2.49. The second kappa shape index (κ2) is 14.1. The van der Waals surface area contributed by atoms with E-state index in [2.05, 4.69) is 20.2 Å². The number of piperidine rings is 2. The molecule has 1 N–H and O–H groups in total. The molecule has 2 aliphatic rings. The Balaban J connectivity index is 1.16. The molecule has 13 heteroatoms. The Hall–Kier alpha value is -4.55. The minimum Gasteiger partial charge on any atom is -0.495 e. The summed E-state index contributed by atoms with van der Waals surface area (Å²) in [5.74, 6) is -0.781. The molecule has 2 aromatic carbocycles. The number of carbonyl (C=O) groups excluding carboxylic acids is 1. The van der Waals surface area contributed by atoms with Crippen molar-refractivity contribution in [2.45, 2.75) is 58.7 Å². The first-order valence-corrected chi connectivity index (χ1v) is 15.7. The van der Waals surface area contributed by atoms with Gasteiger partial charge in [-0.2, -0.15) is 0 Å². The van der Waals surface area contributed by atoms with Crippen LogP contribution >= 0.6 is 0 Å². The van der Waals surface area contributed by atoms with Gasteiger partial charge < -0.3 is 38.8 Å². The third-order valence-electron chi connectivity index (χ3n) is 8.75. The highest BCUT2D eigenvalue weighted by Crippen LogP contribution is 2.44. The summed E-state index contributed by atoms with van der Waals surface area (Å²) in [6.07, 6.45) is 6.65. The van der Waals surface area contributed by atoms with Gasteiger partial charge in [-0.05, 0) is 64.0 Å². The number of halogens is 2. The molecule has 11 nitrogen and oxygen atoms in total. The van der Waals surface area contributed by atoms with Crippen molar-refractivity contribution in [3.8, 4) is 23.0 Å². The molecule has 2 saturated heterocycles. The molecule has 0 unspecified atom stereocenters. The molecular formula is C34H43F2N5O6. The average molecular weight is 656 g/mol. The highest BCUT2D eigenvalue weighted by Gasteiger charge is 2.39. The van der Waals surface area contributed by atoms with Crippen molar-refractivity contribution in [3.05, 3.63) is 53.9 Å². The fraction of sp³-hybridized carbons (Fsp3) is 0.500. The van der Waals surface area contributed by atoms with Crippen LogP contribution in [0.15, 0.2) is 36.7 Å². The van der Waals surface area contributed by atoms with E-state index in [9.17, 15) is 13.6 Å². The number of anilines is 3. The SMILES string of the molecule is COc1cc(Nc2ncc(OCc3c(F)c(OC)cc(OC)c3F)cn2)ccc1N1CCC2(CCN(C(=O)OC(C)(C)C)CC2)CC1. The largest absolute Gasteiger partial charge is 0.495 e. The number of hydrogen-bond donors (Lipinski definition) is 1. The molecule has 5 rings (SSSR count). The minimum atomic E-state index is -0.868. The van der Waals surface area contributed by atoms with Crippen molar-refractivity contribution >= 4 is 23.4 Å². The first-order valence-electron chi connectivity index (χ1n) is 15.7. The third kappa shape index (κ3) is 7.88. The highest BCUT2D eigenvalue weighted by atomic mass is 19.1. The van der Waals surface area contributed by atoms with Crippen molar-refractivity contribution in [2.24, 2.45) is 5.41 Å².